The van der Waals surface area contributed by atoms with E-state index in [4.69, 9.17) is 21.1 Å². The van der Waals surface area contributed by atoms with E-state index in [2.05, 4.69) is 10.6 Å². The molecule has 1 heterocycles. The molecule has 2 aromatic rings. The van der Waals surface area contributed by atoms with Crippen LogP contribution in [0, 0.1) is 0 Å². The molecule has 1 aliphatic rings. The van der Waals surface area contributed by atoms with Crippen LogP contribution in [0.25, 0.3) is 0 Å². The lowest BCUT2D eigenvalue weighted by molar-refractivity contribution is -0.128. The number of benzene rings is 2. The van der Waals surface area contributed by atoms with Gasteiger partial charge in [-0.25, -0.2) is 0 Å². The van der Waals surface area contributed by atoms with E-state index in [1.54, 1.807) is 6.07 Å². The number of rotatable bonds is 5. The minimum absolute atomic E-state index is 0. The second-order valence-corrected chi connectivity index (χ2v) is 5.93. The Kier molecular flexibility index (Phi) is 7.52. The number of anilines is 1. The van der Waals surface area contributed by atoms with E-state index < -0.39 is 6.10 Å². The maximum atomic E-state index is 12.2. The fourth-order valence-corrected chi connectivity index (χ4v) is 2.49. The van der Waals surface area contributed by atoms with Crippen molar-refractivity contribution in [3.63, 3.8) is 0 Å². The molecular weight excluding hydrogens is 363 g/mol. The number of morpholine rings is 1. The summed E-state index contributed by atoms with van der Waals surface area (Å²) in [7, 11) is 0. The molecule has 0 aliphatic carbocycles. The first-order valence-corrected chi connectivity index (χ1v) is 8.19. The molecule has 25 heavy (non-hydrogen) atoms. The number of ether oxygens (including phenoxy) is 2. The minimum Gasteiger partial charge on any atom is -0.489 e. The zero-order valence-corrected chi connectivity index (χ0v) is 15.1. The summed E-state index contributed by atoms with van der Waals surface area (Å²) in [5.74, 6) is 0.530. The van der Waals surface area contributed by atoms with E-state index in [-0.39, 0.29) is 18.3 Å². The first-order chi connectivity index (χ1) is 11.7. The van der Waals surface area contributed by atoms with Crippen LogP contribution in [0.1, 0.15) is 5.56 Å². The van der Waals surface area contributed by atoms with Crippen molar-refractivity contribution >= 4 is 35.6 Å². The number of amides is 1. The predicted molar refractivity (Wildman–Crippen MR) is 101 cm³/mol. The SMILES string of the molecule is Cl.O=C(Nc1cccc(OCc2ccc(Cl)cc2)c1)C1CNCCO1. The van der Waals surface area contributed by atoms with Crippen LogP contribution < -0.4 is 15.4 Å². The number of nitrogens with one attached hydrogen (secondary N) is 2. The van der Waals surface area contributed by atoms with Crippen molar-refractivity contribution in [1.29, 1.82) is 0 Å². The van der Waals surface area contributed by atoms with E-state index in [1.165, 1.54) is 0 Å². The van der Waals surface area contributed by atoms with Crippen LogP contribution in [0.3, 0.4) is 0 Å². The second-order valence-electron chi connectivity index (χ2n) is 5.50. The molecule has 134 valence electrons. The molecule has 1 aliphatic heterocycles. The molecule has 0 aromatic heterocycles. The number of halogens is 2. The Morgan fingerprint density at radius 1 is 1.28 bits per heavy atom. The summed E-state index contributed by atoms with van der Waals surface area (Å²) < 4.78 is 11.2. The number of carbonyl (C=O) groups excluding carboxylic acids is 1. The molecule has 7 heteroatoms. The van der Waals surface area contributed by atoms with Crippen LogP contribution >= 0.6 is 24.0 Å². The molecule has 0 radical (unpaired) electrons. The zero-order chi connectivity index (χ0) is 16.8. The lowest BCUT2D eigenvalue weighted by Gasteiger charge is -2.22. The van der Waals surface area contributed by atoms with Crippen LogP contribution in [-0.4, -0.2) is 31.7 Å². The standard InChI is InChI=1S/C18H19ClN2O3.ClH/c19-14-6-4-13(5-7-14)12-24-16-3-1-2-15(10-16)21-18(22)17-11-20-8-9-23-17;/h1-7,10,17,20H,8-9,11-12H2,(H,21,22);1H. The summed E-state index contributed by atoms with van der Waals surface area (Å²) in [5.41, 5.74) is 1.71. The van der Waals surface area contributed by atoms with Crippen molar-refractivity contribution < 1.29 is 14.3 Å². The lowest BCUT2D eigenvalue weighted by Crippen LogP contribution is -2.45. The molecule has 0 saturated carbocycles. The van der Waals surface area contributed by atoms with Crippen LogP contribution in [0.15, 0.2) is 48.5 Å². The lowest BCUT2D eigenvalue weighted by atomic mass is 10.2. The number of carbonyl (C=O) groups is 1. The molecule has 1 unspecified atom stereocenters. The van der Waals surface area contributed by atoms with E-state index in [0.717, 1.165) is 12.1 Å². The average molecular weight is 383 g/mol. The van der Waals surface area contributed by atoms with Gasteiger partial charge in [-0.3, -0.25) is 4.79 Å². The summed E-state index contributed by atoms with van der Waals surface area (Å²) in [6, 6.07) is 14.8. The highest BCUT2D eigenvalue weighted by atomic mass is 35.5. The summed E-state index contributed by atoms with van der Waals surface area (Å²) in [6.07, 6.45) is -0.461. The fourth-order valence-electron chi connectivity index (χ4n) is 2.37. The maximum Gasteiger partial charge on any atom is 0.254 e. The van der Waals surface area contributed by atoms with Crippen LogP contribution in [0.2, 0.25) is 5.02 Å². The Bertz CT molecular complexity index is 689. The fraction of sp³-hybridized carbons (Fsp3) is 0.278. The van der Waals surface area contributed by atoms with E-state index in [1.807, 2.05) is 42.5 Å². The van der Waals surface area contributed by atoms with Gasteiger partial charge in [-0.05, 0) is 29.8 Å². The summed E-state index contributed by atoms with van der Waals surface area (Å²) >= 11 is 5.87. The van der Waals surface area contributed by atoms with Crippen molar-refractivity contribution in [1.82, 2.24) is 5.32 Å². The highest BCUT2D eigenvalue weighted by Crippen LogP contribution is 2.19. The van der Waals surface area contributed by atoms with Gasteiger partial charge in [0, 0.05) is 29.9 Å². The third-order valence-corrected chi connectivity index (χ3v) is 3.89. The first-order valence-electron chi connectivity index (χ1n) is 7.81. The van der Waals surface area contributed by atoms with Crippen molar-refractivity contribution in [2.24, 2.45) is 0 Å². The smallest absolute Gasteiger partial charge is 0.254 e. The van der Waals surface area contributed by atoms with Crippen molar-refractivity contribution in [3.8, 4) is 5.75 Å². The number of hydrogen-bond donors (Lipinski definition) is 2. The third kappa shape index (κ3) is 5.90. The Labute approximate surface area is 158 Å². The van der Waals surface area contributed by atoms with Crippen molar-refractivity contribution in [3.05, 3.63) is 59.1 Å². The van der Waals surface area contributed by atoms with Gasteiger partial charge in [0.2, 0.25) is 0 Å². The molecule has 0 bridgehead atoms. The molecule has 2 aromatic carbocycles. The van der Waals surface area contributed by atoms with Gasteiger partial charge >= 0.3 is 0 Å². The van der Waals surface area contributed by atoms with Gasteiger partial charge in [0.15, 0.2) is 0 Å². The zero-order valence-electron chi connectivity index (χ0n) is 13.5. The van der Waals surface area contributed by atoms with E-state index in [0.29, 0.717) is 36.2 Å². The monoisotopic (exact) mass is 382 g/mol. The summed E-state index contributed by atoms with van der Waals surface area (Å²) in [4.78, 5) is 12.2. The van der Waals surface area contributed by atoms with E-state index in [9.17, 15) is 4.79 Å². The molecular formula is C18H20Cl2N2O3. The molecule has 1 saturated heterocycles. The highest BCUT2D eigenvalue weighted by molar-refractivity contribution is 6.30. The Morgan fingerprint density at radius 3 is 2.80 bits per heavy atom. The molecule has 1 fully saturated rings. The van der Waals surface area contributed by atoms with Gasteiger partial charge in [-0.2, -0.15) is 0 Å². The average Bonchev–Trinajstić information content (AvgIpc) is 2.62. The van der Waals surface area contributed by atoms with Crippen LogP contribution in [0.4, 0.5) is 5.69 Å². The van der Waals surface area contributed by atoms with Crippen LogP contribution in [0.5, 0.6) is 5.75 Å². The second kappa shape index (κ2) is 9.63. The number of hydrogen-bond acceptors (Lipinski definition) is 4. The molecule has 2 N–H and O–H groups in total. The minimum atomic E-state index is -0.461. The van der Waals surface area contributed by atoms with Gasteiger partial charge in [-0.1, -0.05) is 29.8 Å². The van der Waals surface area contributed by atoms with Gasteiger partial charge < -0.3 is 20.1 Å². The third-order valence-electron chi connectivity index (χ3n) is 3.64. The molecule has 5 nitrogen and oxygen atoms in total. The molecule has 0 spiro atoms. The topological polar surface area (TPSA) is 59.6 Å². The van der Waals surface area contributed by atoms with Crippen molar-refractivity contribution in [2.75, 3.05) is 25.0 Å². The largest absolute Gasteiger partial charge is 0.489 e. The Morgan fingerprint density at radius 2 is 2.08 bits per heavy atom. The molecule has 1 atom stereocenters. The summed E-state index contributed by atoms with van der Waals surface area (Å²) in [5, 5.41) is 6.69. The maximum absolute atomic E-state index is 12.2. The summed E-state index contributed by atoms with van der Waals surface area (Å²) in [6.45, 7) is 2.28. The quantitative estimate of drug-likeness (QED) is 0.832. The van der Waals surface area contributed by atoms with Crippen molar-refractivity contribution in [2.45, 2.75) is 12.7 Å². The predicted octanol–water partition coefficient (Wildman–Crippen LogP) is 3.27. The van der Waals surface area contributed by atoms with Gasteiger partial charge in [0.05, 0.1) is 6.61 Å². The molecule has 3 rings (SSSR count). The highest BCUT2D eigenvalue weighted by Gasteiger charge is 2.21. The normalized spacial score (nSPS) is 16.6. The Hall–Kier alpha value is -1.79. The molecule has 1 amide bonds. The van der Waals surface area contributed by atoms with Gasteiger partial charge in [0.25, 0.3) is 5.91 Å². The van der Waals surface area contributed by atoms with Gasteiger partial charge in [0.1, 0.15) is 18.5 Å². The van der Waals surface area contributed by atoms with Gasteiger partial charge in [-0.15, -0.1) is 12.4 Å². The van der Waals surface area contributed by atoms with Crippen LogP contribution in [-0.2, 0) is 16.1 Å². The Balaban J connectivity index is 0.00000225. The first kappa shape index (κ1) is 19.5. The van der Waals surface area contributed by atoms with E-state index >= 15 is 0 Å².